The maximum absolute atomic E-state index is 14.6. The van der Waals surface area contributed by atoms with Crippen LogP contribution in [0.25, 0.3) is 0 Å². The molecule has 1 spiro atoms. The summed E-state index contributed by atoms with van der Waals surface area (Å²) in [7, 11) is 2.84. The molecular weight excluding hydrogens is 535 g/mol. The summed E-state index contributed by atoms with van der Waals surface area (Å²) in [6, 6.07) is 8.95. The minimum Gasteiger partial charge on any atom is -0.369 e. The van der Waals surface area contributed by atoms with Crippen LogP contribution in [0.1, 0.15) is 28.8 Å². The number of hydrogen-bond donors (Lipinski definition) is 1. The summed E-state index contributed by atoms with van der Waals surface area (Å²) in [5.74, 6) is -3.92. The van der Waals surface area contributed by atoms with Crippen molar-refractivity contribution in [3.05, 3.63) is 65.2 Å². The van der Waals surface area contributed by atoms with Crippen LogP contribution in [0.2, 0.25) is 0 Å². The molecule has 0 unspecified atom stereocenters. The molecule has 0 aromatic heterocycles. The molecular formula is C28H31F5N4O3. The molecule has 12 heteroatoms. The predicted molar refractivity (Wildman–Crippen MR) is 137 cm³/mol. The number of amides is 2. The predicted octanol–water partition coefficient (Wildman–Crippen LogP) is 3.23. The molecule has 216 valence electrons. The van der Waals surface area contributed by atoms with Crippen LogP contribution in [0, 0.1) is 17.0 Å². The molecule has 2 amide bonds. The van der Waals surface area contributed by atoms with Gasteiger partial charge in [-0.05, 0) is 25.0 Å². The molecule has 2 aliphatic heterocycles. The number of aliphatic hydroxyl groups is 1. The Morgan fingerprint density at radius 3 is 2.00 bits per heavy atom. The van der Waals surface area contributed by atoms with E-state index in [0.29, 0.717) is 31.9 Å². The summed E-state index contributed by atoms with van der Waals surface area (Å²) in [5, 5.41) is 10.6. The first-order valence-corrected chi connectivity index (χ1v) is 13.1. The van der Waals surface area contributed by atoms with Crippen molar-refractivity contribution in [2.24, 2.45) is 5.41 Å². The van der Waals surface area contributed by atoms with Crippen LogP contribution >= 0.6 is 0 Å². The van der Waals surface area contributed by atoms with Crippen molar-refractivity contribution in [2.45, 2.75) is 30.7 Å². The van der Waals surface area contributed by atoms with E-state index in [1.807, 2.05) is 4.90 Å². The van der Waals surface area contributed by atoms with Crippen LogP contribution in [0.5, 0.6) is 0 Å². The highest BCUT2D eigenvalue weighted by molar-refractivity contribution is 5.95. The second kappa shape index (κ2) is 9.99. The molecule has 2 heterocycles. The molecule has 7 nitrogen and oxygen atoms in total. The van der Waals surface area contributed by atoms with Gasteiger partial charge >= 0.3 is 6.18 Å². The van der Waals surface area contributed by atoms with Gasteiger partial charge in [0.15, 0.2) is 0 Å². The number of nitrogens with zero attached hydrogens (tertiary/aromatic N) is 4. The molecule has 1 aliphatic carbocycles. The Morgan fingerprint density at radius 2 is 1.50 bits per heavy atom. The highest BCUT2D eigenvalue weighted by Gasteiger charge is 2.65. The zero-order valence-electron chi connectivity index (χ0n) is 22.2. The third-order valence-corrected chi connectivity index (χ3v) is 8.43. The van der Waals surface area contributed by atoms with Crippen molar-refractivity contribution in [3.63, 3.8) is 0 Å². The lowest BCUT2D eigenvalue weighted by molar-refractivity contribution is -0.267. The molecule has 2 saturated heterocycles. The van der Waals surface area contributed by atoms with Crippen LogP contribution in [-0.2, 0) is 10.4 Å². The van der Waals surface area contributed by atoms with Gasteiger partial charge in [-0.3, -0.25) is 14.5 Å². The van der Waals surface area contributed by atoms with Crippen LogP contribution in [0.4, 0.5) is 27.6 Å². The lowest BCUT2D eigenvalue weighted by Gasteiger charge is -2.62. The average molecular weight is 567 g/mol. The number of likely N-dealkylation sites (tertiary alicyclic amines) is 1. The minimum absolute atomic E-state index is 0.157. The smallest absolute Gasteiger partial charge is 0.369 e. The number of hydrogen-bond acceptors (Lipinski definition) is 5. The maximum Gasteiger partial charge on any atom is 0.430 e. The van der Waals surface area contributed by atoms with E-state index >= 15 is 0 Å². The first-order chi connectivity index (χ1) is 18.8. The van der Waals surface area contributed by atoms with Crippen LogP contribution in [0.15, 0.2) is 42.5 Å². The van der Waals surface area contributed by atoms with Crippen molar-refractivity contribution >= 4 is 17.5 Å². The van der Waals surface area contributed by atoms with Crippen LogP contribution in [-0.4, -0.2) is 97.2 Å². The van der Waals surface area contributed by atoms with Crippen molar-refractivity contribution in [3.8, 4) is 0 Å². The third kappa shape index (κ3) is 4.70. The minimum atomic E-state index is -5.16. The van der Waals surface area contributed by atoms with Gasteiger partial charge < -0.3 is 19.8 Å². The molecule has 3 fully saturated rings. The molecule has 2 aromatic carbocycles. The average Bonchev–Trinajstić information content (AvgIpc) is 2.86. The fraction of sp³-hybridized carbons (Fsp3) is 0.500. The summed E-state index contributed by atoms with van der Waals surface area (Å²) < 4.78 is 70.8. The zero-order chi connectivity index (χ0) is 29.0. The molecule has 1 N–H and O–H groups in total. The molecule has 0 radical (unpaired) electrons. The van der Waals surface area contributed by atoms with E-state index < -0.39 is 46.4 Å². The van der Waals surface area contributed by atoms with Crippen molar-refractivity contribution in [1.82, 2.24) is 14.7 Å². The van der Waals surface area contributed by atoms with Crippen LogP contribution < -0.4 is 4.90 Å². The Balaban J connectivity index is 1.15. The molecule has 3 aliphatic rings. The summed E-state index contributed by atoms with van der Waals surface area (Å²) >= 11 is 0. The Labute approximate surface area is 228 Å². The normalized spacial score (nSPS) is 21.0. The second-order valence-corrected chi connectivity index (χ2v) is 11.3. The standard InChI is InChI=1S/C28H31F5N4O3/c1-34(2)24(38)23-21(29)12-19(13-22(23)30)35-8-10-36(11-9-35)20-14-26(15-20)16-37(17-26)25(39)27(40,28(31,32)33)18-6-4-3-5-7-18/h3-7,12-13,20,40H,8-11,14-17H2,1-2H3/t27-/m0/s1. The lowest BCUT2D eigenvalue weighted by Crippen LogP contribution is -2.71. The summed E-state index contributed by atoms with van der Waals surface area (Å²) in [6.07, 6.45) is -3.72. The molecule has 1 saturated carbocycles. The summed E-state index contributed by atoms with van der Waals surface area (Å²) in [4.78, 5) is 31.3. The van der Waals surface area contributed by atoms with E-state index in [2.05, 4.69) is 4.90 Å². The highest BCUT2D eigenvalue weighted by Crippen LogP contribution is 2.52. The van der Waals surface area contributed by atoms with Gasteiger partial charge in [0, 0.05) is 76.1 Å². The Bertz CT molecular complexity index is 1260. The van der Waals surface area contributed by atoms with Crippen molar-refractivity contribution < 1.29 is 36.6 Å². The molecule has 40 heavy (non-hydrogen) atoms. The number of alkyl halides is 3. The van der Waals surface area contributed by atoms with Gasteiger partial charge in [0.2, 0.25) is 0 Å². The number of halogens is 5. The Morgan fingerprint density at radius 1 is 0.950 bits per heavy atom. The first-order valence-electron chi connectivity index (χ1n) is 13.1. The van der Waals surface area contributed by atoms with E-state index in [9.17, 15) is 36.6 Å². The number of anilines is 1. The van der Waals surface area contributed by atoms with E-state index in [4.69, 9.17) is 0 Å². The monoisotopic (exact) mass is 566 g/mol. The van der Waals surface area contributed by atoms with Gasteiger partial charge in [0.05, 0.1) is 0 Å². The summed E-state index contributed by atoms with van der Waals surface area (Å²) in [5.41, 5.74) is -4.58. The SMILES string of the molecule is CN(C)C(=O)c1c(F)cc(N2CCN(C3CC4(C3)CN(C(=O)[C@@](O)(c3ccccc3)C(F)(F)F)C4)CC2)cc1F. The maximum atomic E-state index is 14.6. The topological polar surface area (TPSA) is 67.3 Å². The van der Waals surface area contributed by atoms with E-state index in [0.717, 1.165) is 34.8 Å². The fourth-order valence-electron chi connectivity index (χ4n) is 6.20. The van der Waals surface area contributed by atoms with Gasteiger partial charge in [-0.2, -0.15) is 13.2 Å². The number of carbonyl (C=O) groups excluding carboxylic acids is 2. The van der Waals surface area contributed by atoms with Gasteiger partial charge in [-0.25, -0.2) is 8.78 Å². The second-order valence-electron chi connectivity index (χ2n) is 11.3. The van der Waals surface area contributed by atoms with E-state index in [-0.39, 0.29) is 24.5 Å². The van der Waals surface area contributed by atoms with E-state index in [1.165, 1.54) is 44.4 Å². The first kappa shape index (κ1) is 28.3. The fourth-order valence-corrected chi connectivity index (χ4v) is 6.20. The van der Waals surface area contributed by atoms with Gasteiger partial charge in [0.25, 0.3) is 17.4 Å². The Kier molecular flexibility index (Phi) is 7.06. The number of rotatable bonds is 5. The van der Waals surface area contributed by atoms with Crippen molar-refractivity contribution in [1.29, 1.82) is 0 Å². The molecule has 5 rings (SSSR count). The highest BCUT2D eigenvalue weighted by atomic mass is 19.4. The largest absolute Gasteiger partial charge is 0.430 e. The van der Waals surface area contributed by atoms with E-state index in [1.54, 1.807) is 0 Å². The number of piperazine rings is 1. The lowest BCUT2D eigenvalue weighted by atomic mass is 9.59. The number of carbonyl (C=O) groups is 2. The van der Waals surface area contributed by atoms with Gasteiger partial charge in [-0.15, -0.1) is 0 Å². The van der Waals surface area contributed by atoms with Gasteiger partial charge in [-0.1, -0.05) is 30.3 Å². The molecule has 1 atom stereocenters. The summed E-state index contributed by atoms with van der Waals surface area (Å²) in [6.45, 7) is 2.61. The van der Waals surface area contributed by atoms with Crippen LogP contribution in [0.3, 0.4) is 0 Å². The van der Waals surface area contributed by atoms with Gasteiger partial charge in [0.1, 0.15) is 17.2 Å². The zero-order valence-corrected chi connectivity index (χ0v) is 22.2. The quantitative estimate of drug-likeness (QED) is 0.564. The molecule has 2 aromatic rings. The Hall–Kier alpha value is -3.25. The number of benzene rings is 2. The molecule has 0 bridgehead atoms. The van der Waals surface area contributed by atoms with Crippen molar-refractivity contribution in [2.75, 3.05) is 58.3 Å². The third-order valence-electron chi connectivity index (χ3n) is 8.43.